The maximum atomic E-state index is 2.50. The van der Waals surface area contributed by atoms with Crippen LogP contribution in [0.3, 0.4) is 0 Å². The Morgan fingerprint density at radius 1 is 1.03 bits per heavy atom. The second-order valence-corrected chi connectivity index (χ2v) is 10.6. The zero-order valence-electron chi connectivity index (χ0n) is 18.2. The summed E-state index contributed by atoms with van der Waals surface area (Å²) in [6.45, 7) is 11.8. The number of rotatable bonds is 3. The highest BCUT2D eigenvalue weighted by atomic mass is 127. The number of benzene rings is 2. The van der Waals surface area contributed by atoms with Crippen LogP contribution in [0.4, 0.5) is 11.4 Å². The van der Waals surface area contributed by atoms with Crippen molar-refractivity contribution in [2.24, 2.45) is 17.3 Å². The number of para-hydroxylation sites is 1. The molecule has 0 aliphatic heterocycles. The number of hydrogen-bond donors (Lipinski definition) is 0. The molecule has 29 heavy (non-hydrogen) atoms. The van der Waals surface area contributed by atoms with Gasteiger partial charge in [-0.15, -0.1) is 0 Å². The molecule has 0 radical (unpaired) electrons. The summed E-state index contributed by atoms with van der Waals surface area (Å²) in [5.74, 6) is 1.72. The summed E-state index contributed by atoms with van der Waals surface area (Å²) in [4.78, 5) is 0. The third kappa shape index (κ3) is 3.69. The van der Waals surface area contributed by atoms with Gasteiger partial charge < -0.3 is 0 Å². The van der Waals surface area contributed by atoms with Gasteiger partial charge in [-0.3, -0.25) is 3.11 Å². The second kappa shape index (κ2) is 7.94. The molecule has 0 spiro atoms. The summed E-state index contributed by atoms with van der Waals surface area (Å²) in [6, 6.07) is 15.7. The van der Waals surface area contributed by atoms with E-state index in [1.54, 1.807) is 5.57 Å². The summed E-state index contributed by atoms with van der Waals surface area (Å²) in [5.41, 5.74) is 8.94. The molecule has 0 amide bonds. The molecule has 3 atom stereocenters. The monoisotopic (exact) mass is 497 g/mol. The zero-order chi connectivity index (χ0) is 20.8. The number of nitrogens with zero attached hydrogens (tertiary/aromatic N) is 1. The predicted octanol–water partition coefficient (Wildman–Crippen LogP) is 8.17. The van der Waals surface area contributed by atoms with E-state index in [9.17, 15) is 0 Å². The fourth-order valence-electron chi connectivity index (χ4n) is 5.30. The van der Waals surface area contributed by atoms with Crippen LogP contribution < -0.4 is 3.11 Å². The van der Waals surface area contributed by atoms with E-state index in [1.807, 2.05) is 0 Å². The van der Waals surface area contributed by atoms with Crippen molar-refractivity contribution < 1.29 is 0 Å². The molecule has 0 fully saturated rings. The van der Waals surface area contributed by atoms with Crippen LogP contribution in [0.1, 0.15) is 57.2 Å². The zero-order valence-corrected chi connectivity index (χ0v) is 20.4. The van der Waals surface area contributed by atoms with Crippen molar-refractivity contribution in [1.29, 1.82) is 0 Å². The van der Waals surface area contributed by atoms with Gasteiger partial charge in [0.05, 0.1) is 34.2 Å². The Labute approximate surface area is 190 Å². The van der Waals surface area contributed by atoms with Crippen LogP contribution in [0.2, 0.25) is 0 Å². The third-order valence-electron chi connectivity index (χ3n) is 6.69. The van der Waals surface area contributed by atoms with Gasteiger partial charge in [0, 0.05) is 5.92 Å². The maximum absolute atomic E-state index is 2.50. The molecule has 0 saturated carbocycles. The van der Waals surface area contributed by atoms with E-state index < -0.39 is 0 Å². The Kier molecular flexibility index (Phi) is 5.67. The summed E-state index contributed by atoms with van der Waals surface area (Å²) in [6.07, 6.45) is 9.31. The van der Waals surface area contributed by atoms with Crippen LogP contribution in [0, 0.1) is 17.3 Å². The highest BCUT2D eigenvalue weighted by Gasteiger charge is 2.40. The lowest BCUT2D eigenvalue weighted by molar-refractivity contribution is 0.293. The Hall–Kier alpha value is -1.55. The van der Waals surface area contributed by atoms with Gasteiger partial charge in [0.25, 0.3) is 0 Å². The van der Waals surface area contributed by atoms with Gasteiger partial charge in [0.1, 0.15) is 0 Å². The van der Waals surface area contributed by atoms with E-state index >= 15 is 0 Å². The first kappa shape index (κ1) is 20.7. The molecule has 0 aromatic heterocycles. The highest BCUT2D eigenvalue weighted by molar-refractivity contribution is 14.1. The van der Waals surface area contributed by atoms with E-state index in [0.29, 0.717) is 17.8 Å². The van der Waals surface area contributed by atoms with Gasteiger partial charge in [-0.25, -0.2) is 0 Å². The number of aryl methyl sites for hydroxylation is 1. The molecule has 2 aromatic carbocycles. The lowest BCUT2D eigenvalue weighted by Gasteiger charge is -2.44. The average Bonchev–Trinajstić information content (AvgIpc) is 2.72. The van der Waals surface area contributed by atoms with Crippen molar-refractivity contribution in [3.63, 3.8) is 0 Å². The third-order valence-corrected chi connectivity index (χ3v) is 7.73. The van der Waals surface area contributed by atoms with Crippen molar-refractivity contribution in [2.45, 2.75) is 53.4 Å². The minimum atomic E-state index is 0.215. The fourth-order valence-corrected chi connectivity index (χ4v) is 6.22. The van der Waals surface area contributed by atoms with Gasteiger partial charge in [-0.2, -0.15) is 0 Å². The molecule has 0 heterocycles. The molecule has 2 aromatic rings. The molecular weight excluding hydrogens is 465 g/mol. The minimum Gasteiger partial charge on any atom is -0.282 e. The van der Waals surface area contributed by atoms with Gasteiger partial charge >= 0.3 is 0 Å². The second-order valence-electron chi connectivity index (χ2n) is 9.60. The van der Waals surface area contributed by atoms with E-state index in [1.165, 1.54) is 28.1 Å². The van der Waals surface area contributed by atoms with Crippen molar-refractivity contribution in [2.75, 3.05) is 3.11 Å². The standard InChI is InChI=1S/C27H32IN/c1-6-19-11-7-8-15-24(19)29(28)25-16-10-12-20-21-13-9-14-23(27(3,4)5)26(21)18(2)17-22(20)25/h7-16,18,21,26H,6,17H2,1-5H3. The number of anilines is 2. The molecule has 4 rings (SSSR count). The van der Waals surface area contributed by atoms with E-state index in [2.05, 4.69) is 121 Å². The Bertz CT molecular complexity index is 963. The van der Waals surface area contributed by atoms with Crippen LogP contribution in [0.5, 0.6) is 0 Å². The minimum absolute atomic E-state index is 0.215. The SMILES string of the molecule is CCc1ccccc1N(I)c1cccc2c1CC(C)C1C(C(C)(C)C)=CC=CC21. The largest absolute Gasteiger partial charge is 0.282 e. The number of halogens is 1. The first-order valence-corrected chi connectivity index (χ1v) is 11.8. The summed E-state index contributed by atoms with van der Waals surface area (Å²) in [7, 11) is 0. The van der Waals surface area contributed by atoms with Crippen molar-refractivity contribution in [1.82, 2.24) is 0 Å². The molecule has 0 bridgehead atoms. The normalized spacial score (nSPS) is 23.2. The van der Waals surface area contributed by atoms with Crippen LogP contribution in [0.25, 0.3) is 0 Å². The van der Waals surface area contributed by atoms with E-state index in [-0.39, 0.29) is 5.41 Å². The summed E-state index contributed by atoms with van der Waals surface area (Å²) in [5, 5.41) is 0. The Morgan fingerprint density at radius 2 is 1.76 bits per heavy atom. The smallest absolute Gasteiger partial charge is 0.0646 e. The Morgan fingerprint density at radius 3 is 2.48 bits per heavy atom. The summed E-state index contributed by atoms with van der Waals surface area (Å²) >= 11 is 2.50. The van der Waals surface area contributed by atoms with Crippen LogP contribution in [-0.2, 0) is 12.8 Å². The van der Waals surface area contributed by atoms with Gasteiger partial charge in [0.15, 0.2) is 0 Å². The molecule has 2 aliphatic carbocycles. The number of hydrogen-bond acceptors (Lipinski definition) is 1. The number of allylic oxidation sites excluding steroid dienone is 4. The van der Waals surface area contributed by atoms with E-state index in [4.69, 9.17) is 0 Å². The summed E-state index contributed by atoms with van der Waals surface area (Å²) < 4.78 is 2.38. The average molecular weight is 497 g/mol. The molecule has 3 unspecified atom stereocenters. The quantitative estimate of drug-likeness (QED) is 0.305. The van der Waals surface area contributed by atoms with Crippen LogP contribution in [-0.4, -0.2) is 0 Å². The number of fused-ring (bicyclic) bond motifs is 3. The van der Waals surface area contributed by atoms with Crippen LogP contribution in [0.15, 0.2) is 66.3 Å². The Balaban J connectivity index is 1.79. The molecule has 0 saturated heterocycles. The molecule has 152 valence electrons. The molecule has 0 N–H and O–H groups in total. The molecule has 1 nitrogen and oxygen atoms in total. The van der Waals surface area contributed by atoms with E-state index in [0.717, 1.165) is 12.8 Å². The molecule has 2 aliphatic rings. The van der Waals surface area contributed by atoms with Crippen LogP contribution >= 0.6 is 22.9 Å². The lowest BCUT2D eigenvalue weighted by atomic mass is 9.60. The van der Waals surface area contributed by atoms with Crippen molar-refractivity contribution >= 4 is 34.2 Å². The van der Waals surface area contributed by atoms with Gasteiger partial charge in [-0.1, -0.05) is 88.8 Å². The fraction of sp³-hybridized carbons (Fsp3) is 0.407. The van der Waals surface area contributed by atoms with Crippen molar-refractivity contribution in [3.05, 3.63) is 83.0 Å². The molecular formula is C27H32IN. The molecule has 2 heteroatoms. The highest BCUT2D eigenvalue weighted by Crippen LogP contribution is 2.52. The van der Waals surface area contributed by atoms with Gasteiger partial charge in [-0.05, 0) is 58.9 Å². The topological polar surface area (TPSA) is 3.24 Å². The lowest BCUT2D eigenvalue weighted by Crippen LogP contribution is -2.34. The van der Waals surface area contributed by atoms with Crippen molar-refractivity contribution in [3.8, 4) is 0 Å². The maximum Gasteiger partial charge on any atom is 0.0646 e. The first-order valence-electron chi connectivity index (χ1n) is 10.9. The van der Waals surface area contributed by atoms with Gasteiger partial charge in [0.2, 0.25) is 0 Å². The first-order chi connectivity index (χ1) is 13.8. The predicted molar refractivity (Wildman–Crippen MR) is 134 cm³/mol.